The predicted molar refractivity (Wildman–Crippen MR) is 102 cm³/mol. The van der Waals surface area contributed by atoms with Crippen LogP contribution in [0.1, 0.15) is 16.7 Å². The first-order valence-electron chi connectivity index (χ1n) is 8.47. The summed E-state index contributed by atoms with van der Waals surface area (Å²) in [5, 5.41) is 9.90. The van der Waals surface area contributed by atoms with E-state index in [1.54, 1.807) is 0 Å². The zero-order valence-electron chi connectivity index (χ0n) is 14.1. The summed E-state index contributed by atoms with van der Waals surface area (Å²) in [6.45, 7) is 0. The standard InChI is InChI=1S/C22H18N2O2/c25-26-22(19-14-8-3-9-15-19)21(18-12-6-2-7-13-18)23-20(24-22)16-17-10-4-1-5-11-17/h1-15,25H,16H2. The molecule has 26 heavy (non-hydrogen) atoms. The molecule has 128 valence electrons. The minimum Gasteiger partial charge on any atom is -0.249 e. The summed E-state index contributed by atoms with van der Waals surface area (Å²) in [6, 6.07) is 29.1. The SMILES string of the molecule is OOC1(c2ccccc2)N=C(Cc2ccccc2)N=C1c1ccccc1. The van der Waals surface area contributed by atoms with Crippen molar-refractivity contribution in [3.63, 3.8) is 0 Å². The van der Waals surface area contributed by atoms with Crippen molar-refractivity contribution in [1.82, 2.24) is 0 Å². The van der Waals surface area contributed by atoms with Gasteiger partial charge in [-0.1, -0.05) is 91.0 Å². The van der Waals surface area contributed by atoms with Gasteiger partial charge in [-0.2, -0.15) is 4.89 Å². The molecule has 0 radical (unpaired) electrons. The molecule has 1 atom stereocenters. The van der Waals surface area contributed by atoms with E-state index in [0.717, 1.165) is 16.7 Å². The summed E-state index contributed by atoms with van der Waals surface area (Å²) in [6.07, 6.45) is 0.565. The van der Waals surface area contributed by atoms with Crippen LogP contribution in [0.2, 0.25) is 0 Å². The predicted octanol–water partition coefficient (Wildman–Crippen LogP) is 4.47. The van der Waals surface area contributed by atoms with Crippen molar-refractivity contribution in [1.29, 1.82) is 0 Å². The Bertz CT molecular complexity index is 938. The van der Waals surface area contributed by atoms with E-state index in [4.69, 9.17) is 14.9 Å². The van der Waals surface area contributed by atoms with Gasteiger partial charge >= 0.3 is 0 Å². The zero-order chi connectivity index (χ0) is 17.8. The smallest absolute Gasteiger partial charge is 0.249 e. The summed E-state index contributed by atoms with van der Waals surface area (Å²) < 4.78 is 0. The fraction of sp³-hybridized carbons (Fsp3) is 0.0909. The molecule has 0 aromatic heterocycles. The highest BCUT2D eigenvalue weighted by Gasteiger charge is 2.44. The Balaban J connectivity index is 1.82. The minimum atomic E-state index is -1.35. The average Bonchev–Trinajstić information content (AvgIpc) is 3.10. The van der Waals surface area contributed by atoms with Gasteiger partial charge < -0.3 is 0 Å². The first-order chi connectivity index (χ1) is 12.8. The summed E-state index contributed by atoms with van der Waals surface area (Å²) in [5.74, 6) is 0.618. The van der Waals surface area contributed by atoms with Gasteiger partial charge in [-0.25, -0.2) is 15.2 Å². The molecule has 0 bridgehead atoms. The lowest BCUT2D eigenvalue weighted by Crippen LogP contribution is -2.34. The third-order valence-electron chi connectivity index (χ3n) is 4.40. The van der Waals surface area contributed by atoms with E-state index in [9.17, 15) is 5.26 Å². The summed E-state index contributed by atoms with van der Waals surface area (Å²) in [4.78, 5) is 14.4. The Morgan fingerprint density at radius 2 is 1.35 bits per heavy atom. The average molecular weight is 342 g/mol. The third-order valence-corrected chi connectivity index (χ3v) is 4.40. The number of benzene rings is 3. The molecule has 4 rings (SSSR count). The molecule has 1 heterocycles. The van der Waals surface area contributed by atoms with Gasteiger partial charge in [0.05, 0.1) is 0 Å². The number of hydrogen-bond acceptors (Lipinski definition) is 4. The number of nitrogens with zero attached hydrogens (tertiary/aromatic N) is 2. The Kier molecular flexibility index (Phi) is 4.44. The maximum absolute atomic E-state index is 9.90. The zero-order valence-corrected chi connectivity index (χ0v) is 14.1. The van der Waals surface area contributed by atoms with E-state index in [-0.39, 0.29) is 0 Å². The van der Waals surface area contributed by atoms with Crippen LogP contribution < -0.4 is 0 Å². The van der Waals surface area contributed by atoms with Crippen molar-refractivity contribution in [2.45, 2.75) is 12.1 Å². The maximum Gasteiger partial charge on any atom is 0.262 e. The molecular weight excluding hydrogens is 324 g/mol. The minimum absolute atomic E-state index is 0.565. The van der Waals surface area contributed by atoms with E-state index in [0.29, 0.717) is 18.0 Å². The fourth-order valence-electron chi connectivity index (χ4n) is 3.16. The molecule has 4 heteroatoms. The quantitative estimate of drug-likeness (QED) is 0.549. The van der Waals surface area contributed by atoms with E-state index < -0.39 is 5.72 Å². The Morgan fingerprint density at radius 1 is 0.769 bits per heavy atom. The normalized spacial score (nSPS) is 19.1. The van der Waals surface area contributed by atoms with Crippen LogP contribution in [0, 0.1) is 0 Å². The van der Waals surface area contributed by atoms with Crippen molar-refractivity contribution in [2.24, 2.45) is 9.98 Å². The van der Waals surface area contributed by atoms with Gasteiger partial charge in [0.25, 0.3) is 5.72 Å². The first kappa shape index (κ1) is 16.4. The van der Waals surface area contributed by atoms with Crippen molar-refractivity contribution in [2.75, 3.05) is 0 Å². The highest BCUT2D eigenvalue weighted by atomic mass is 17.1. The lowest BCUT2D eigenvalue weighted by atomic mass is 9.93. The molecule has 0 saturated carbocycles. The first-order valence-corrected chi connectivity index (χ1v) is 8.47. The summed E-state index contributed by atoms with van der Waals surface area (Å²) in [5.41, 5.74) is 1.92. The molecule has 1 N–H and O–H groups in total. The lowest BCUT2D eigenvalue weighted by Gasteiger charge is -2.24. The van der Waals surface area contributed by atoms with Crippen molar-refractivity contribution in [3.8, 4) is 0 Å². The molecule has 0 spiro atoms. The van der Waals surface area contributed by atoms with E-state index in [1.807, 2.05) is 91.0 Å². The van der Waals surface area contributed by atoms with Crippen LogP contribution in [0.15, 0.2) is 101 Å². The van der Waals surface area contributed by atoms with Crippen LogP contribution in [-0.4, -0.2) is 16.8 Å². The number of hydrogen-bond donors (Lipinski definition) is 1. The highest BCUT2D eigenvalue weighted by Crippen LogP contribution is 2.36. The Labute approximate surface area is 152 Å². The highest BCUT2D eigenvalue weighted by molar-refractivity contribution is 6.16. The van der Waals surface area contributed by atoms with Gasteiger partial charge in [0.1, 0.15) is 11.5 Å². The van der Waals surface area contributed by atoms with Crippen LogP contribution >= 0.6 is 0 Å². The van der Waals surface area contributed by atoms with Crippen molar-refractivity contribution < 1.29 is 10.1 Å². The van der Waals surface area contributed by atoms with Crippen LogP contribution in [0.3, 0.4) is 0 Å². The van der Waals surface area contributed by atoms with Crippen molar-refractivity contribution >= 4 is 11.5 Å². The van der Waals surface area contributed by atoms with Crippen LogP contribution in [0.4, 0.5) is 0 Å². The third kappa shape index (κ3) is 2.96. The van der Waals surface area contributed by atoms with Gasteiger partial charge in [-0.05, 0) is 5.56 Å². The van der Waals surface area contributed by atoms with Gasteiger partial charge in [0.2, 0.25) is 0 Å². The van der Waals surface area contributed by atoms with Crippen LogP contribution in [-0.2, 0) is 17.0 Å². The molecule has 0 fully saturated rings. The van der Waals surface area contributed by atoms with E-state index >= 15 is 0 Å². The second-order valence-electron chi connectivity index (χ2n) is 6.12. The van der Waals surface area contributed by atoms with Gasteiger partial charge in [-0.3, -0.25) is 0 Å². The summed E-state index contributed by atoms with van der Waals surface area (Å²) in [7, 11) is 0. The lowest BCUT2D eigenvalue weighted by molar-refractivity contribution is -0.302. The molecule has 3 aromatic carbocycles. The Morgan fingerprint density at radius 3 is 1.96 bits per heavy atom. The molecule has 4 nitrogen and oxygen atoms in total. The summed E-state index contributed by atoms with van der Waals surface area (Å²) >= 11 is 0. The molecule has 1 aliphatic heterocycles. The molecule has 1 unspecified atom stereocenters. The van der Waals surface area contributed by atoms with E-state index in [1.165, 1.54) is 0 Å². The van der Waals surface area contributed by atoms with E-state index in [2.05, 4.69) is 0 Å². The molecule has 1 aliphatic rings. The van der Waals surface area contributed by atoms with Gasteiger partial charge in [0, 0.05) is 17.5 Å². The van der Waals surface area contributed by atoms with Crippen molar-refractivity contribution in [3.05, 3.63) is 108 Å². The molecule has 0 saturated heterocycles. The molecular formula is C22H18N2O2. The monoisotopic (exact) mass is 342 g/mol. The second kappa shape index (κ2) is 7.04. The number of rotatable bonds is 5. The maximum atomic E-state index is 9.90. The number of aliphatic imine (C=N–C) groups is 2. The molecule has 3 aromatic rings. The van der Waals surface area contributed by atoms with Gasteiger partial charge in [-0.15, -0.1) is 0 Å². The Hall–Kier alpha value is -3.08. The fourth-order valence-corrected chi connectivity index (χ4v) is 3.16. The van der Waals surface area contributed by atoms with Gasteiger partial charge in [0.15, 0.2) is 0 Å². The van der Waals surface area contributed by atoms with Crippen LogP contribution in [0.5, 0.6) is 0 Å². The van der Waals surface area contributed by atoms with Crippen LogP contribution in [0.25, 0.3) is 0 Å². The molecule has 0 aliphatic carbocycles. The largest absolute Gasteiger partial charge is 0.262 e. The topological polar surface area (TPSA) is 54.2 Å². The second-order valence-corrected chi connectivity index (χ2v) is 6.12. The molecule has 0 amide bonds. The number of amidine groups is 1.